The number of thioether (sulfide) groups is 1. The van der Waals surface area contributed by atoms with E-state index < -0.39 is 11.7 Å². The normalized spacial score (nSPS) is 11.8. The number of alkyl halides is 3. The molecule has 0 unspecified atom stereocenters. The molecule has 0 aliphatic carbocycles. The Kier molecular flexibility index (Phi) is 6.85. The van der Waals surface area contributed by atoms with Crippen molar-refractivity contribution in [2.24, 2.45) is 0 Å². The van der Waals surface area contributed by atoms with Gasteiger partial charge >= 0.3 is 6.18 Å². The number of pyridine rings is 1. The first-order chi connectivity index (χ1) is 14.3. The summed E-state index contributed by atoms with van der Waals surface area (Å²) in [6.07, 6.45) is 1.24. The van der Waals surface area contributed by atoms with Crippen LogP contribution in [0.1, 0.15) is 32.3 Å². The Bertz CT molecular complexity index is 1010. The van der Waals surface area contributed by atoms with Crippen molar-refractivity contribution in [2.45, 2.75) is 37.9 Å². The Balaban J connectivity index is 2.28. The number of hydrogen-bond donors (Lipinski definition) is 0. The van der Waals surface area contributed by atoms with Gasteiger partial charge in [0, 0.05) is 24.8 Å². The number of imidazole rings is 1. The number of hydrogen-bond acceptors (Lipinski definition) is 4. The molecule has 2 heterocycles. The van der Waals surface area contributed by atoms with E-state index in [1.54, 1.807) is 18.2 Å². The molecule has 0 bridgehead atoms. The zero-order valence-electron chi connectivity index (χ0n) is 17.6. The summed E-state index contributed by atoms with van der Waals surface area (Å²) in [5.74, 6) is 1.11. The minimum Gasteiger partial charge on any atom is -0.497 e. The minimum absolute atomic E-state index is 0.0932. The van der Waals surface area contributed by atoms with Crippen molar-refractivity contribution < 1.29 is 17.9 Å². The molecular formula is C22H26F3N3OS. The summed E-state index contributed by atoms with van der Waals surface area (Å²) in [6.45, 7) is 5.94. The van der Waals surface area contributed by atoms with Crippen LogP contribution >= 0.6 is 11.8 Å². The third-order valence-electron chi connectivity index (χ3n) is 4.90. The van der Waals surface area contributed by atoms with Gasteiger partial charge in [-0.1, -0.05) is 13.8 Å². The number of anilines is 1. The molecule has 162 valence electrons. The summed E-state index contributed by atoms with van der Waals surface area (Å²) in [5.41, 5.74) is 0.325. The molecule has 0 saturated carbocycles. The van der Waals surface area contributed by atoms with Crippen molar-refractivity contribution in [3.63, 3.8) is 0 Å². The average molecular weight is 438 g/mol. The molecule has 0 N–H and O–H groups in total. The van der Waals surface area contributed by atoms with Crippen molar-refractivity contribution in [3.8, 4) is 16.9 Å². The van der Waals surface area contributed by atoms with Gasteiger partial charge in [0.05, 0.1) is 12.7 Å². The van der Waals surface area contributed by atoms with Gasteiger partial charge in [-0.25, -0.2) is 4.98 Å². The highest BCUT2D eigenvalue weighted by atomic mass is 32.2. The number of halogens is 3. The second kappa shape index (κ2) is 9.20. The number of aromatic nitrogens is 2. The predicted octanol–water partition coefficient (Wildman–Crippen LogP) is 6.38. The van der Waals surface area contributed by atoms with Gasteiger partial charge < -0.3 is 9.64 Å². The molecule has 3 rings (SSSR count). The number of nitrogens with zero attached hydrogens (tertiary/aromatic N) is 3. The van der Waals surface area contributed by atoms with Crippen LogP contribution in [-0.2, 0) is 6.18 Å². The molecule has 0 radical (unpaired) electrons. The van der Waals surface area contributed by atoms with Crippen molar-refractivity contribution in [1.82, 2.24) is 9.38 Å². The van der Waals surface area contributed by atoms with Crippen LogP contribution in [0.3, 0.4) is 0 Å². The quantitative estimate of drug-likeness (QED) is 0.383. The number of methoxy groups -OCH3 is 1. The Labute approximate surface area is 179 Å². The first-order valence-electron chi connectivity index (χ1n) is 9.91. The molecule has 1 aromatic carbocycles. The van der Waals surface area contributed by atoms with Gasteiger partial charge in [-0.15, -0.1) is 11.8 Å². The number of rotatable bonds is 8. The van der Waals surface area contributed by atoms with Crippen LogP contribution in [0, 0.1) is 0 Å². The summed E-state index contributed by atoms with van der Waals surface area (Å²) in [4.78, 5) is 7.00. The van der Waals surface area contributed by atoms with Crippen LogP contribution in [0.15, 0.2) is 41.6 Å². The molecule has 30 heavy (non-hydrogen) atoms. The largest absolute Gasteiger partial charge is 0.497 e. The Morgan fingerprint density at radius 2 is 1.80 bits per heavy atom. The third kappa shape index (κ3) is 4.24. The maximum Gasteiger partial charge on any atom is 0.417 e. The summed E-state index contributed by atoms with van der Waals surface area (Å²) in [5, 5.41) is 0.812. The minimum atomic E-state index is -4.51. The lowest BCUT2D eigenvalue weighted by Crippen LogP contribution is -2.26. The smallest absolute Gasteiger partial charge is 0.417 e. The maximum atomic E-state index is 13.8. The van der Waals surface area contributed by atoms with Gasteiger partial charge in [-0.2, -0.15) is 13.2 Å². The average Bonchev–Trinajstić information content (AvgIpc) is 3.11. The fourth-order valence-corrected chi connectivity index (χ4v) is 4.24. The van der Waals surface area contributed by atoms with Gasteiger partial charge in [0.25, 0.3) is 0 Å². The van der Waals surface area contributed by atoms with E-state index in [1.807, 2.05) is 16.9 Å². The van der Waals surface area contributed by atoms with Crippen LogP contribution in [0.5, 0.6) is 5.75 Å². The number of ether oxygens (including phenoxy) is 1. The molecule has 0 saturated heterocycles. The fourth-order valence-electron chi connectivity index (χ4n) is 3.65. The molecule has 0 fully saturated rings. The highest BCUT2D eigenvalue weighted by molar-refractivity contribution is 7.98. The van der Waals surface area contributed by atoms with E-state index in [4.69, 9.17) is 9.72 Å². The highest BCUT2D eigenvalue weighted by Crippen LogP contribution is 2.41. The topological polar surface area (TPSA) is 29.8 Å². The Morgan fingerprint density at radius 3 is 2.37 bits per heavy atom. The van der Waals surface area contributed by atoms with Crippen LogP contribution in [-0.4, -0.2) is 35.8 Å². The maximum absolute atomic E-state index is 13.8. The fraction of sp³-hybridized carbons (Fsp3) is 0.409. The monoisotopic (exact) mass is 437 g/mol. The van der Waals surface area contributed by atoms with E-state index in [2.05, 4.69) is 18.7 Å². The highest BCUT2D eigenvalue weighted by Gasteiger charge is 2.35. The Hall–Kier alpha value is -2.35. The van der Waals surface area contributed by atoms with Gasteiger partial charge in [-0.3, -0.25) is 4.40 Å². The molecule has 3 aromatic rings. The molecule has 4 nitrogen and oxygen atoms in total. The second-order valence-corrected chi connectivity index (χ2v) is 7.75. The third-order valence-corrected chi connectivity index (χ3v) is 5.56. The van der Waals surface area contributed by atoms with Gasteiger partial charge in [-0.05, 0) is 55.0 Å². The van der Waals surface area contributed by atoms with Crippen LogP contribution < -0.4 is 9.64 Å². The van der Waals surface area contributed by atoms with Crippen molar-refractivity contribution in [2.75, 3.05) is 31.4 Å². The van der Waals surface area contributed by atoms with E-state index in [-0.39, 0.29) is 11.3 Å². The van der Waals surface area contributed by atoms with Gasteiger partial charge in [0.2, 0.25) is 0 Å². The van der Waals surface area contributed by atoms with E-state index in [0.717, 1.165) is 42.8 Å². The van der Waals surface area contributed by atoms with Crippen LogP contribution in [0.2, 0.25) is 0 Å². The molecule has 0 atom stereocenters. The summed E-state index contributed by atoms with van der Waals surface area (Å²) < 4.78 is 48.4. The van der Waals surface area contributed by atoms with Crippen molar-refractivity contribution in [1.29, 1.82) is 0 Å². The van der Waals surface area contributed by atoms with Crippen LogP contribution in [0.25, 0.3) is 16.8 Å². The molecule has 0 amide bonds. The first kappa shape index (κ1) is 22.3. The van der Waals surface area contributed by atoms with E-state index in [0.29, 0.717) is 11.2 Å². The van der Waals surface area contributed by atoms with Gasteiger partial charge in [0.15, 0.2) is 0 Å². The van der Waals surface area contributed by atoms with Gasteiger partial charge in [0.1, 0.15) is 22.2 Å². The van der Waals surface area contributed by atoms with E-state index >= 15 is 0 Å². The van der Waals surface area contributed by atoms with Crippen molar-refractivity contribution >= 4 is 23.2 Å². The lowest BCUT2D eigenvalue weighted by atomic mass is 9.99. The summed E-state index contributed by atoms with van der Waals surface area (Å²) >= 11 is 1.51. The molecule has 0 spiro atoms. The summed E-state index contributed by atoms with van der Waals surface area (Å²) in [7, 11) is 1.36. The Morgan fingerprint density at radius 1 is 1.10 bits per heavy atom. The number of benzene rings is 1. The zero-order valence-corrected chi connectivity index (χ0v) is 18.4. The lowest BCUT2D eigenvalue weighted by molar-refractivity contribution is -0.137. The second-order valence-electron chi connectivity index (χ2n) is 6.96. The molecule has 8 heteroatoms. The van der Waals surface area contributed by atoms with Crippen molar-refractivity contribution in [3.05, 3.63) is 42.1 Å². The van der Waals surface area contributed by atoms with E-state index in [1.165, 1.54) is 24.9 Å². The zero-order chi connectivity index (χ0) is 21.9. The molecule has 0 aliphatic heterocycles. The van der Waals surface area contributed by atoms with Crippen LogP contribution in [0.4, 0.5) is 19.0 Å². The summed E-state index contributed by atoms with van der Waals surface area (Å²) in [6, 6.07) is 7.52. The standard InChI is InChI=1S/C22H26F3N3OS/c1-5-11-27(12-6-2)21-20(30-4)26-19-17(8-7-13-28(19)21)16-10-9-15(29-3)14-18(16)22(23,24)25/h7-10,13-14H,5-6,11-12H2,1-4H3. The SMILES string of the molecule is CCCN(CCC)c1c(SC)nc2c(-c3ccc(OC)cc3C(F)(F)F)cccn12. The number of fused-ring (bicyclic) bond motifs is 1. The molecule has 0 aliphatic rings. The molecular weight excluding hydrogens is 411 g/mol. The predicted molar refractivity (Wildman–Crippen MR) is 117 cm³/mol. The first-order valence-corrected chi connectivity index (χ1v) is 11.1. The lowest BCUT2D eigenvalue weighted by Gasteiger charge is -2.24. The molecule has 2 aromatic heterocycles. The van der Waals surface area contributed by atoms with E-state index in [9.17, 15) is 13.2 Å².